The van der Waals surface area contributed by atoms with E-state index in [9.17, 15) is 4.79 Å². The van der Waals surface area contributed by atoms with Crippen molar-refractivity contribution in [2.75, 3.05) is 39.4 Å². The first-order valence-corrected chi connectivity index (χ1v) is 10.4. The van der Waals surface area contributed by atoms with Crippen LogP contribution in [0, 0.1) is 6.92 Å². The maximum absolute atomic E-state index is 13.0. The number of carbonyl (C=O) groups excluding carboxylic acids is 1. The third kappa shape index (κ3) is 5.42. The maximum Gasteiger partial charge on any atom is 0.254 e. The van der Waals surface area contributed by atoms with Crippen molar-refractivity contribution < 1.29 is 18.8 Å². The Morgan fingerprint density at radius 1 is 1.17 bits per heavy atom. The van der Waals surface area contributed by atoms with Crippen molar-refractivity contribution in [1.29, 1.82) is 0 Å². The molecule has 2 aromatic rings. The summed E-state index contributed by atoms with van der Waals surface area (Å²) in [5.41, 5.74) is 1.39. The first kappa shape index (κ1) is 21.5. The molecule has 0 atom stereocenters. The minimum Gasteiger partial charge on any atom is -0.490 e. The highest BCUT2D eigenvalue weighted by Gasteiger charge is 2.25. The Kier molecular flexibility index (Phi) is 7.39. The summed E-state index contributed by atoms with van der Waals surface area (Å²) in [5, 5.41) is 4.32. The summed E-state index contributed by atoms with van der Waals surface area (Å²) in [6.07, 6.45) is 0.862. The predicted octanol–water partition coefficient (Wildman–Crippen LogP) is 3.78. The zero-order valence-corrected chi connectivity index (χ0v) is 18.0. The molecule has 1 aliphatic rings. The first-order valence-electron chi connectivity index (χ1n) is 10.0. The Morgan fingerprint density at radius 3 is 2.55 bits per heavy atom. The molecule has 29 heavy (non-hydrogen) atoms. The molecule has 0 spiro atoms. The van der Waals surface area contributed by atoms with Gasteiger partial charge in [-0.2, -0.15) is 0 Å². The van der Waals surface area contributed by atoms with Gasteiger partial charge in [-0.25, -0.2) is 0 Å². The minimum absolute atomic E-state index is 0.0509. The standard InChI is InChI=1S/C21H28ClN3O4/c1-4-10-28-20-18(22)12-16(13-19(20)27-5-2)21(26)25-8-6-24(7-9-25)14-17-11-15(3)23-29-17/h11-13H,4-10,14H2,1-3H3. The average Bonchev–Trinajstić information content (AvgIpc) is 3.12. The lowest BCUT2D eigenvalue weighted by atomic mass is 10.1. The van der Waals surface area contributed by atoms with E-state index in [1.807, 2.05) is 31.7 Å². The van der Waals surface area contributed by atoms with Crippen LogP contribution in [0.25, 0.3) is 0 Å². The smallest absolute Gasteiger partial charge is 0.254 e. The Balaban J connectivity index is 1.65. The largest absolute Gasteiger partial charge is 0.490 e. The van der Waals surface area contributed by atoms with Crippen LogP contribution >= 0.6 is 11.6 Å². The van der Waals surface area contributed by atoms with Crippen molar-refractivity contribution in [3.05, 3.63) is 40.2 Å². The van der Waals surface area contributed by atoms with E-state index in [2.05, 4.69) is 10.1 Å². The molecule has 0 radical (unpaired) electrons. The number of nitrogens with zero attached hydrogens (tertiary/aromatic N) is 3. The number of carbonyl (C=O) groups is 1. The molecule has 1 aliphatic heterocycles. The van der Waals surface area contributed by atoms with Crippen LogP contribution in [-0.4, -0.2) is 60.3 Å². The highest BCUT2D eigenvalue weighted by molar-refractivity contribution is 6.32. The quantitative estimate of drug-likeness (QED) is 0.646. The molecular weight excluding hydrogens is 394 g/mol. The van der Waals surface area contributed by atoms with Crippen molar-refractivity contribution >= 4 is 17.5 Å². The third-order valence-electron chi connectivity index (χ3n) is 4.72. The van der Waals surface area contributed by atoms with Gasteiger partial charge in [0.2, 0.25) is 0 Å². The minimum atomic E-state index is -0.0509. The topological polar surface area (TPSA) is 68.0 Å². The molecule has 1 aromatic carbocycles. The highest BCUT2D eigenvalue weighted by atomic mass is 35.5. The lowest BCUT2D eigenvalue weighted by molar-refractivity contribution is 0.0617. The lowest BCUT2D eigenvalue weighted by Gasteiger charge is -2.34. The normalized spacial score (nSPS) is 14.8. The van der Waals surface area contributed by atoms with Gasteiger partial charge in [0.15, 0.2) is 17.3 Å². The second kappa shape index (κ2) is 9.98. The summed E-state index contributed by atoms with van der Waals surface area (Å²) in [7, 11) is 0. The van der Waals surface area contributed by atoms with Crippen molar-refractivity contribution in [2.45, 2.75) is 33.7 Å². The Morgan fingerprint density at radius 2 is 1.93 bits per heavy atom. The molecule has 1 aromatic heterocycles. The molecule has 0 aliphatic carbocycles. The van der Waals surface area contributed by atoms with Crippen LogP contribution in [0.4, 0.5) is 0 Å². The fourth-order valence-corrected chi connectivity index (χ4v) is 3.57. The van der Waals surface area contributed by atoms with E-state index in [1.54, 1.807) is 12.1 Å². The van der Waals surface area contributed by atoms with Crippen LogP contribution in [0.1, 0.15) is 42.1 Å². The number of aromatic nitrogens is 1. The Labute approximate surface area is 176 Å². The van der Waals surface area contributed by atoms with Crippen LogP contribution in [0.15, 0.2) is 22.7 Å². The van der Waals surface area contributed by atoms with Crippen molar-refractivity contribution in [3.63, 3.8) is 0 Å². The number of piperazine rings is 1. The molecule has 8 heteroatoms. The number of aryl methyl sites for hydroxylation is 1. The SMILES string of the molecule is CCCOc1c(Cl)cc(C(=O)N2CCN(Cc3cc(C)no3)CC2)cc1OCC. The van der Waals surface area contributed by atoms with Crippen LogP contribution in [0.2, 0.25) is 5.02 Å². The number of hydrogen-bond acceptors (Lipinski definition) is 6. The molecule has 0 N–H and O–H groups in total. The molecule has 0 unspecified atom stereocenters. The van der Waals surface area contributed by atoms with E-state index in [4.69, 9.17) is 25.6 Å². The summed E-state index contributed by atoms with van der Waals surface area (Å²) in [6, 6.07) is 5.34. The highest BCUT2D eigenvalue weighted by Crippen LogP contribution is 2.37. The molecular formula is C21H28ClN3O4. The maximum atomic E-state index is 13.0. The van der Waals surface area contributed by atoms with Crippen molar-refractivity contribution in [1.82, 2.24) is 15.0 Å². The predicted molar refractivity (Wildman–Crippen MR) is 111 cm³/mol. The zero-order valence-electron chi connectivity index (χ0n) is 17.2. The summed E-state index contributed by atoms with van der Waals surface area (Å²) in [4.78, 5) is 17.1. The van der Waals surface area contributed by atoms with E-state index in [-0.39, 0.29) is 5.91 Å². The molecule has 3 rings (SSSR count). The lowest BCUT2D eigenvalue weighted by Crippen LogP contribution is -2.48. The summed E-state index contributed by atoms with van der Waals surface area (Å²) < 4.78 is 16.7. The van der Waals surface area contributed by atoms with Crippen LogP contribution in [0.5, 0.6) is 11.5 Å². The van der Waals surface area contributed by atoms with Gasteiger partial charge in [-0.05, 0) is 32.4 Å². The van der Waals surface area contributed by atoms with Gasteiger partial charge in [-0.3, -0.25) is 9.69 Å². The third-order valence-corrected chi connectivity index (χ3v) is 5.00. The number of hydrogen-bond donors (Lipinski definition) is 0. The molecule has 0 bridgehead atoms. The van der Waals surface area contributed by atoms with E-state index in [1.165, 1.54) is 0 Å². The molecule has 2 heterocycles. The van der Waals surface area contributed by atoms with Gasteiger partial charge in [0.1, 0.15) is 0 Å². The number of ether oxygens (including phenoxy) is 2. The van der Waals surface area contributed by atoms with Gasteiger partial charge < -0.3 is 18.9 Å². The van der Waals surface area contributed by atoms with E-state index in [0.29, 0.717) is 54.9 Å². The molecule has 1 fully saturated rings. The molecule has 0 saturated carbocycles. The fourth-order valence-electron chi connectivity index (χ4n) is 3.30. The summed E-state index contributed by atoms with van der Waals surface area (Å²) in [5.74, 6) is 1.80. The Bertz CT molecular complexity index is 831. The van der Waals surface area contributed by atoms with Gasteiger partial charge >= 0.3 is 0 Å². The molecule has 158 valence electrons. The van der Waals surface area contributed by atoms with Gasteiger partial charge in [0.25, 0.3) is 5.91 Å². The van der Waals surface area contributed by atoms with Gasteiger partial charge in [0, 0.05) is 37.8 Å². The molecule has 1 amide bonds. The summed E-state index contributed by atoms with van der Waals surface area (Å²) in [6.45, 7) is 10.4. The number of amides is 1. The Hall–Kier alpha value is -2.25. The average molecular weight is 422 g/mol. The van der Waals surface area contributed by atoms with Crippen LogP contribution in [0.3, 0.4) is 0 Å². The number of rotatable bonds is 8. The number of halogens is 1. The van der Waals surface area contributed by atoms with Crippen LogP contribution < -0.4 is 9.47 Å². The second-order valence-corrected chi connectivity index (χ2v) is 7.48. The van der Waals surface area contributed by atoms with E-state index >= 15 is 0 Å². The van der Waals surface area contributed by atoms with Gasteiger partial charge in [0.05, 0.1) is 30.5 Å². The van der Waals surface area contributed by atoms with Crippen LogP contribution in [-0.2, 0) is 6.54 Å². The first-order chi connectivity index (χ1) is 14.0. The second-order valence-electron chi connectivity index (χ2n) is 7.07. The summed E-state index contributed by atoms with van der Waals surface area (Å²) >= 11 is 6.40. The van der Waals surface area contributed by atoms with E-state index in [0.717, 1.165) is 31.0 Å². The molecule has 1 saturated heterocycles. The molecule has 7 nitrogen and oxygen atoms in total. The monoisotopic (exact) mass is 421 g/mol. The van der Waals surface area contributed by atoms with Gasteiger partial charge in [-0.15, -0.1) is 0 Å². The van der Waals surface area contributed by atoms with Gasteiger partial charge in [-0.1, -0.05) is 23.7 Å². The number of benzene rings is 1. The fraction of sp³-hybridized carbons (Fsp3) is 0.524. The van der Waals surface area contributed by atoms with Crippen molar-refractivity contribution in [3.8, 4) is 11.5 Å². The van der Waals surface area contributed by atoms with E-state index < -0.39 is 0 Å². The van der Waals surface area contributed by atoms with Crippen molar-refractivity contribution in [2.24, 2.45) is 0 Å². The zero-order chi connectivity index (χ0) is 20.8.